The number of carbonyl (C=O) groups is 1. The summed E-state index contributed by atoms with van der Waals surface area (Å²) in [4.78, 5) is 10.7. The Labute approximate surface area is 100 Å². The van der Waals surface area contributed by atoms with Crippen LogP contribution in [-0.4, -0.2) is 16.8 Å². The molecule has 0 aliphatic carbocycles. The van der Waals surface area contributed by atoms with Crippen molar-refractivity contribution in [3.8, 4) is 0 Å². The van der Waals surface area contributed by atoms with E-state index < -0.39 is 0 Å². The molecule has 1 amide bonds. The minimum absolute atomic E-state index is 0.340. The van der Waals surface area contributed by atoms with E-state index in [-0.39, 0.29) is 5.91 Å². The van der Waals surface area contributed by atoms with Gasteiger partial charge in [0.05, 0.1) is 12.0 Å². The summed E-state index contributed by atoms with van der Waals surface area (Å²) < 4.78 is 5.11. The van der Waals surface area contributed by atoms with Crippen LogP contribution < -0.4 is 5.48 Å². The highest BCUT2D eigenvalue weighted by Gasteiger charge is 2.04. The first-order valence-electron chi connectivity index (χ1n) is 5.78. The van der Waals surface area contributed by atoms with Crippen LogP contribution in [-0.2, 0) is 4.79 Å². The van der Waals surface area contributed by atoms with Gasteiger partial charge in [-0.2, -0.15) is 0 Å². The number of rotatable bonds is 8. The van der Waals surface area contributed by atoms with Crippen LogP contribution in [0.15, 0.2) is 22.8 Å². The molecule has 0 atom stereocenters. The maximum atomic E-state index is 10.7. The Morgan fingerprint density at radius 2 is 2.00 bits per heavy atom. The van der Waals surface area contributed by atoms with Crippen LogP contribution in [0.1, 0.15) is 44.3 Å². The predicted molar refractivity (Wildman–Crippen MR) is 63.2 cm³/mol. The molecule has 0 bridgehead atoms. The van der Waals surface area contributed by atoms with Crippen LogP contribution in [0.3, 0.4) is 0 Å². The van der Waals surface area contributed by atoms with Crippen molar-refractivity contribution in [2.45, 2.75) is 38.5 Å². The van der Waals surface area contributed by atoms with Crippen LogP contribution >= 0.6 is 0 Å². The predicted octanol–water partition coefficient (Wildman–Crippen LogP) is 2.49. The zero-order valence-corrected chi connectivity index (χ0v) is 9.74. The third-order valence-corrected chi connectivity index (χ3v) is 2.52. The van der Waals surface area contributed by atoms with Gasteiger partial charge in [0.1, 0.15) is 5.76 Å². The van der Waals surface area contributed by atoms with E-state index in [0.29, 0.717) is 24.3 Å². The highest BCUT2D eigenvalue weighted by molar-refractivity contribution is 5.95. The van der Waals surface area contributed by atoms with Gasteiger partial charge in [0.25, 0.3) is 0 Å². The number of nitrogens with one attached hydrogen (secondary N) is 2. The zero-order valence-electron chi connectivity index (χ0n) is 9.74. The lowest BCUT2D eigenvalue weighted by molar-refractivity contribution is -0.129. The molecule has 94 valence electrons. The maximum Gasteiger partial charge on any atom is 0.243 e. The number of hydroxylamine groups is 1. The van der Waals surface area contributed by atoms with Crippen molar-refractivity contribution < 1.29 is 14.4 Å². The number of amides is 1. The summed E-state index contributed by atoms with van der Waals surface area (Å²) in [6, 6.07) is 3.56. The third kappa shape index (κ3) is 5.31. The summed E-state index contributed by atoms with van der Waals surface area (Å²) in [6.07, 6.45) is 6.20. The smallest absolute Gasteiger partial charge is 0.243 e. The molecule has 1 aromatic rings. The molecular formula is C12H18N2O3. The van der Waals surface area contributed by atoms with Crippen LogP contribution in [0, 0.1) is 5.41 Å². The highest BCUT2D eigenvalue weighted by atomic mass is 16.5. The van der Waals surface area contributed by atoms with Crippen molar-refractivity contribution >= 4 is 11.6 Å². The first-order chi connectivity index (χ1) is 8.24. The molecule has 1 heterocycles. The Morgan fingerprint density at radius 3 is 2.59 bits per heavy atom. The number of hydrogen-bond donors (Lipinski definition) is 3. The first-order valence-corrected chi connectivity index (χ1v) is 5.78. The van der Waals surface area contributed by atoms with Gasteiger partial charge >= 0.3 is 0 Å². The van der Waals surface area contributed by atoms with E-state index >= 15 is 0 Å². The molecule has 0 unspecified atom stereocenters. The lowest BCUT2D eigenvalue weighted by Crippen LogP contribution is -2.17. The van der Waals surface area contributed by atoms with Crippen LogP contribution in [0.25, 0.3) is 0 Å². The number of unbranched alkanes of at least 4 members (excludes halogenated alkanes) is 3. The number of hydrogen-bond acceptors (Lipinski definition) is 4. The second kappa shape index (κ2) is 7.62. The molecule has 0 aromatic carbocycles. The van der Waals surface area contributed by atoms with Crippen molar-refractivity contribution in [2.75, 3.05) is 0 Å². The quantitative estimate of drug-likeness (QED) is 0.281. The summed E-state index contributed by atoms with van der Waals surface area (Å²) in [5.74, 6) is 0.290. The molecule has 1 aromatic heterocycles. The van der Waals surface area contributed by atoms with Gasteiger partial charge in [-0.15, -0.1) is 0 Å². The Balaban J connectivity index is 2.01. The van der Waals surface area contributed by atoms with Crippen LogP contribution in [0.4, 0.5) is 0 Å². The zero-order chi connectivity index (χ0) is 12.5. The Kier molecular flexibility index (Phi) is 6.03. The molecule has 17 heavy (non-hydrogen) atoms. The summed E-state index contributed by atoms with van der Waals surface area (Å²) in [6.45, 7) is 0. The van der Waals surface area contributed by atoms with Gasteiger partial charge in [-0.3, -0.25) is 10.0 Å². The number of carbonyl (C=O) groups excluding carboxylic acids is 1. The normalized spacial score (nSPS) is 10.2. The minimum atomic E-state index is -0.340. The van der Waals surface area contributed by atoms with E-state index in [4.69, 9.17) is 15.0 Å². The monoisotopic (exact) mass is 238 g/mol. The molecule has 0 radical (unpaired) electrons. The van der Waals surface area contributed by atoms with Crippen molar-refractivity contribution in [1.29, 1.82) is 5.41 Å². The molecule has 0 aliphatic rings. The molecule has 0 aliphatic heterocycles. The third-order valence-electron chi connectivity index (χ3n) is 2.52. The topological polar surface area (TPSA) is 86.3 Å². The molecule has 3 N–H and O–H groups in total. The molecule has 0 saturated heterocycles. The lowest BCUT2D eigenvalue weighted by atomic mass is 10.1. The molecular weight excluding hydrogens is 220 g/mol. The Morgan fingerprint density at radius 1 is 1.29 bits per heavy atom. The van der Waals surface area contributed by atoms with Gasteiger partial charge < -0.3 is 9.83 Å². The lowest BCUT2D eigenvalue weighted by Gasteiger charge is -2.01. The fraction of sp³-hybridized carbons (Fsp3) is 0.500. The van der Waals surface area contributed by atoms with E-state index in [9.17, 15) is 4.79 Å². The standard InChI is InChI=1S/C12H18N2O3/c13-10(11-7-5-9-17-11)6-3-1-2-4-8-12(15)14-16/h5,7,9,13,16H,1-4,6,8H2,(H,14,15). The Bertz CT molecular complexity index is 347. The average Bonchev–Trinajstić information content (AvgIpc) is 2.86. The second-order valence-corrected chi connectivity index (χ2v) is 3.91. The summed E-state index contributed by atoms with van der Waals surface area (Å²) in [7, 11) is 0. The van der Waals surface area contributed by atoms with E-state index in [1.165, 1.54) is 0 Å². The van der Waals surface area contributed by atoms with E-state index in [1.54, 1.807) is 23.9 Å². The fourth-order valence-corrected chi connectivity index (χ4v) is 1.57. The molecule has 0 fully saturated rings. The fourth-order valence-electron chi connectivity index (χ4n) is 1.57. The largest absolute Gasteiger partial charge is 0.463 e. The molecule has 0 spiro atoms. The summed E-state index contributed by atoms with van der Waals surface area (Å²) in [5.41, 5.74) is 2.12. The van der Waals surface area contributed by atoms with Gasteiger partial charge in [-0.25, -0.2) is 5.48 Å². The number of furan rings is 1. The second-order valence-electron chi connectivity index (χ2n) is 3.91. The molecule has 5 nitrogen and oxygen atoms in total. The van der Waals surface area contributed by atoms with E-state index in [2.05, 4.69) is 0 Å². The summed E-state index contributed by atoms with van der Waals surface area (Å²) >= 11 is 0. The van der Waals surface area contributed by atoms with Crippen molar-refractivity contribution in [3.05, 3.63) is 24.2 Å². The van der Waals surface area contributed by atoms with Crippen molar-refractivity contribution in [2.24, 2.45) is 0 Å². The van der Waals surface area contributed by atoms with E-state index in [1.807, 2.05) is 0 Å². The van der Waals surface area contributed by atoms with Gasteiger partial charge in [0.2, 0.25) is 5.91 Å². The summed E-state index contributed by atoms with van der Waals surface area (Å²) in [5, 5.41) is 16.0. The SMILES string of the molecule is N=C(CCCCCCC(=O)NO)c1ccco1. The highest BCUT2D eigenvalue weighted by Crippen LogP contribution is 2.10. The molecule has 0 saturated carbocycles. The van der Waals surface area contributed by atoms with Gasteiger partial charge in [-0.05, 0) is 31.4 Å². The minimum Gasteiger partial charge on any atom is -0.463 e. The molecule has 1 rings (SSSR count). The molecule has 5 heteroatoms. The van der Waals surface area contributed by atoms with E-state index in [0.717, 1.165) is 25.7 Å². The van der Waals surface area contributed by atoms with Crippen molar-refractivity contribution in [1.82, 2.24) is 5.48 Å². The van der Waals surface area contributed by atoms with Crippen LogP contribution in [0.5, 0.6) is 0 Å². The first kappa shape index (κ1) is 13.4. The average molecular weight is 238 g/mol. The van der Waals surface area contributed by atoms with Gasteiger partial charge in [-0.1, -0.05) is 12.8 Å². The maximum absolute atomic E-state index is 10.7. The van der Waals surface area contributed by atoms with Gasteiger partial charge in [0, 0.05) is 6.42 Å². The van der Waals surface area contributed by atoms with Crippen LogP contribution in [0.2, 0.25) is 0 Å². The Hall–Kier alpha value is -1.62. The van der Waals surface area contributed by atoms with Gasteiger partial charge in [0.15, 0.2) is 0 Å². The van der Waals surface area contributed by atoms with Crippen molar-refractivity contribution in [3.63, 3.8) is 0 Å².